The molecule has 0 saturated carbocycles. The first kappa shape index (κ1) is 17.9. The number of amides is 2. The number of carbonyl (C=O) groups excluding carboxylic acids is 1. The Morgan fingerprint density at radius 3 is 2.33 bits per heavy atom. The molecule has 2 aromatic carbocycles. The second-order valence-electron chi connectivity index (χ2n) is 6.24. The number of carbonyl (C=O) groups is 1. The molecule has 0 saturated heterocycles. The Morgan fingerprint density at radius 2 is 1.71 bits per heavy atom. The number of aryl methyl sites for hydroxylation is 1. The van der Waals surface area contributed by atoms with Crippen LogP contribution in [0.3, 0.4) is 0 Å². The molecule has 2 amide bonds. The van der Waals surface area contributed by atoms with E-state index in [1.54, 1.807) is 0 Å². The van der Waals surface area contributed by atoms with Gasteiger partial charge < -0.3 is 15.4 Å². The molecule has 2 aromatic rings. The van der Waals surface area contributed by atoms with Crippen LogP contribution < -0.4 is 15.4 Å². The van der Waals surface area contributed by atoms with Crippen molar-refractivity contribution in [3.05, 3.63) is 65.2 Å². The lowest BCUT2D eigenvalue weighted by Gasteiger charge is -2.17. The second kappa shape index (κ2) is 8.39. The average Bonchev–Trinajstić information content (AvgIpc) is 2.54. The lowest BCUT2D eigenvalue weighted by atomic mass is 10.0. The fraction of sp³-hybridized carbons (Fsp3) is 0.350. The quantitative estimate of drug-likeness (QED) is 0.776. The molecule has 0 heterocycles. The molecule has 0 fully saturated rings. The van der Waals surface area contributed by atoms with E-state index >= 15 is 0 Å². The highest BCUT2D eigenvalue weighted by Crippen LogP contribution is 2.19. The van der Waals surface area contributed by atoms with Gasteiger partial charge in [0.2, 0.25) is 0 Å². The Balaban J connectivity index is 1.80. The van der Waals surface area contributed by atoms with E-state index < -0.39 is 6.23 Å². The lowest BCUT2D eigenvalue weighted by Crippen LogP contribution is -2.43. The monoisotopic (exact) mass is 326 g/mol. The number of urea groups is 1. The van der Waals surface area contributed by atoms with Crippen molar-refractivity contribution in [2.75, 3.05) is 0 Å². The third-order valence-electron chi connectivity index (χ3n) is 3.89. The van der Waals surface area contributed by atoms with Crippen molar-refractivity contribution in [1.82, 2.24) is 10.6 Å². The summed E-state index contributed by atoms with van der Waals surface area (Å²) in [5.74, 6) is 1.23. The molecule has 0 bridgehead atoms. The molecule has 1 unspecified atom stereocenters. The molecule has 0 spiro atoms. The summed E-state index contributed by atoms with van der Waals surface area (Å²) in [7, 11) is 0. The minimum atomic E-state index is -0.410. The van der Waals surface area contributed by atoms with Gasteiger partial charge in [-0.3, -0.25) is 0 Å². The Kier molecular flexibility index (Phi) is 6.24. The largest absolute Gasteiger partial charge is 0.471 e. The number of ether oxygens (including phenoxy) is 1. The van der Waals surface area contributed by atoms with Crippen molar-refractivity contribution in [3.63, 3.8) is 0 Å². The van der Waals surface area contributed by atoms with Crippen molar-refractivity contribution < 1.29 is 9.53 Å². The molecule has 0 aliphatic heterocycles. The highest BCUT2D eigenvalue weighted by Gasteiger charge is 2.09. The first-order valence-electron chi connectivity index (χ1n) is 8.31. The Bertz CT molecular complexity index is 666. The van der Waals surface area contributed by atoms with Crippen LogP contribution in [0.2, 0.25) is 0 Å². The van der Waals surface area contributed by atoms with Gasteiger partial charge in [-0.2, -0.15) is 0 Å². The van der Waals surface area contributed by atoms with Gasteiger partial charge in [0.05, 0.1) is 0 Å². The summed E-state index contributed by atoms with van der Waals surface area (Å²) in [6, 6.07) is 15.7. The van der Waals surface area contributed by atoms with Crippen molar-refractivity contribution in [3.8, 4) is 5.75 Å². The fourth-order valence-electron chi connectivity index (χ4n) is 2.38. The van der Waals surface area contributed by atoms with Gasteiger partial charge in [0, 0.05) is 6.54 Å². The zero-order valence-electron chi connectivity index (χ0n) is 14.8. The zero-order valence-corrected chi connectivity index (χ0v) is 14.8. The van der Waals surface area contributed by atoms with E-state index in [1.165, 1.54) is 5.56 Å². The smallest absolute Gasteiger partial charge is 0.317 e. The third-order valence-corrected chi connectivity index (χ3v) is 3.89. The van der Waals surface area contributed by atoms with Crippen LogP contribution in [0.5, 0.6) is 5.75 Å². The Hall–Kier alpha value is -2.49. The molecular formula is C20H26N2O2. The maximum absolute atomic E-state index is 12.0. The van der Waals surface area contributed by atoms with Crippen LogP contribution in [0.4, 0.5) is 4.79 Å². The van der Waals surface area contributed by atoms with E-state index in [-0.39, 0.29) is 6.03 Å². The van der Waals surface area contributed by atoms with Crippen molar-refractivity contribution in [2.45, 2.75) is 46.4 Å². The van der Waals surface area contributed by atoms with Crippen LogP contribution in [0.25, 0.3) is 0 Å². The van der Waals surface area contributed by atoms with Gasteiger partial charge in [-0.25, -0.2) is 4.79 Å². The van der Waals surface area contributed by atoms with Gasteiger partial charge in [0.1, 0.15) is 5.75 Å². The van der Waals surface area contributed by atoms with E-state index in [0.717, 1.165) is 16.9 Å². The van der Waals surface area contributed by atoms with Gasteiger partial charge >= 0.3 is 6.03 Å². The Labute approximate surface area is 144 Å². The summed E-state index contributed by atoms with van der Waals surface area (Å²) in [6.07, 6.45) is -0.410. The second-order valence-corrected chi connectivity index (χ2v) is 6.24. The lowest BCUT2D eigenvalue weighted by molar-refractivity contribution is 0.177. The standard InChI is InChI=1S/C20H26N2O2/c1-14(2)17-9-11-19(12-10-17)24-16(4)22-20(23)21-13-18-8-6-5-7-15(18)3/h5-12,14,16H,13H2,1-4H3,(H2,21,22,23). The summed E-state index contributed by atoms with van der Waals surface area (Å²) in [5.41, 5.74) is 3.52. The first-order chi connectivity index (χ1) is 11.5. The van der Waals surface area contributed by atoms with Gasteiger partial charge in [0.15, 0.2) is 6.23 Å². The SMILES string of the molecule is Cc1ccccc1CNC(=O)NC(C)Oc1ccc(C(C)C)cc1. The van der Waals surface area contributed by atoms with Crippen LogP contribution >= 0.6 is 0 Å². The first-order valence-corrected chi connectivity index (χ1v) is 8.31. The molecule has 0 aromatic heterocycles. The maximum atomic E-state index is 12.0. The zero-order chi connectivity index (χ0) is 17.5. The average molecular weight is 326 g/mol. The van der Waals surface area contributed by atoms with E-state index in [9.17, 15) is 4.79 Å². The fourth-order valence-corrected chi connectivity index (χ4v) is 2.38. The molecule has 0 aliphatic carbocycles. The Morgan fingerprint density at radius 1 is 1.04 bits per heavy atom. The molecule has 2 rings (SSSR count). The number of benzene rings is 2. The van der Waals surface area contributed by atoms with Crippen LogP contribution in [-0.4, -0.2) is 12.3 Å². The predicted molar refractivity (Wildman–Crippen MR) is 97.2 cm³/mol. The summed E-state index contributed by atoms with van der Waals surface area (Å²) < 4.78 is 5.72. The normalized spacial score (nSPS) is 11.9. The van der Waals surface area contributed by atoms with Gasteiger partial charge in [-0.1, -0.05) is 50.2 Å². The van der Waals surface area contributed by atoms with Crippen LogP contribution in [0.15, 0.2) is 48.5 Å². The minimum Gasteiger partial charge on any atom is -0.471 e. The molecule has 0 radical (unpaired) electrons. The summed E-state index contributed by atoms with van der Waals surface area (Å²) in [5, 5.41) is 5.63. The van der Waals surface area contributed by atoms with E-state index in [2.05, 4.69) is 24.5 Å². The molecule has 4 nitrogen and oxygen atoms in total. The minimum absolute atomic E-state index is 0.246. The number of hydrogen-bond donors (Lipinski definition) is 2. The highest BCUT2D eigenvalue weighted by molar-refractivity contribution is 5.74. The van der Waals surface area contributed by atoms with Crippen molar-refractivity contribution in [2.24, 2.45) is 0 Å². The van der Waals surface area contributed by atoms with E-state index in [0.29, 0.717) is 12.5 Å². The van der Waals surface area contributed by atoms with E-state index in [1.807, 2.05) is 62.4 Å². The van der Waals surface area contributed by atoms with Gasteiger partial charge in [-0.05, 0) is 48.6 Å². The molecule has 24 heavy (non-hydrogen) atoms. The molecule has 4 heteroatoms. The molecule has 1 atom stereocenters. The predicted octanol–water partition coefficient (Wildman–Crippen LogP) is 4.34. The molecular weight excluding hydrogens is 300 g/mol. The van der Waals surface area contributed by atoms with Gasteiger partial charge in [-0.15, -0.1) is 0 Å². The number of nitrogens with one attached hydrogen (secondary N) is 2. The van der Waals surface area contributed by atoms with Crippen LogP contribution in [0.1, 0.15) is 43.4 Å². The third kappa shape index (κ3) is 5.30. The summed E-state index contributed by atoms with van der Waals surface area (Å²) in [4.78, 5) is 12.0. The van der Waals surface area contributed by atoms with Crippen LogP contribution in [-0.2, 0) is 6.54 Å². The summed E-state index contributed by atoms with van der Waals surface area (Å²) >= 11 is 0. The van der Waals surface area contributed by atoms with Crippen molar-refractivity contribution in [1.29, 1.82) is 0 Å². The highest BCUT2D eigenvalue weighted by atomic mass is 16.5. The van der Waals surface area contributed by atoms with Crippen molar-refractivity contribution >= 4 is 6.03 Å². The molecule has 0 aliphatic rings. The maximum Gasteiger partial charge on any atom is 0.317 e. The van der Waals surface area contributed by atoms with Crippen LogP contribution in [0, 0.1) is 6.92 Å². The topological polar surface area (TPSA) is 50.4 Å². The number of hydrogen-bond acceptors (Lipinski definition) is 2. The molecule has 2 N–H and O–H groups in total. The van der Waals surface area contributed by atoms with E-state index in [4.69, 9.17) is 4.74 Å². The molecule has 128 valence electrons. The summed E-state index contributed by atoms with van der Waals surface area (Å²) in [6.45, 7) is 8.64. The number of rotatable bonds is 6. The van der Waals surface area contributed by atoms with Gasteiger partial charge in [0.25, 0.3) is 0 Å².